The predicted octanol–water partition coefficient (Wildman–Crippen LogP) is 1.36. The molecule has 0 saturated carbocycles. The van der Waals surface area contributed by atoms with Crippen molar-refractivity contribution in [2.24, 2.45) is 0 Å². The molecule has 1 amide bonds. The maximum absolute atomic E-state index is 11.3. The number of carbonyl (C=O) groups excluding carboxylic acids is 1. The fraction of sp³-hybridized carbons (Fsp3) is 0.429. The van der Waals surface area contributed by atoms with Crippen LogP contribution in [0.5, 0.6) is 17.2 Å². The molecule has 0 bridgehead atoms. The highest BCUT2D eigenvalue weighted by molar-refractivity contribution is 5.76. The van der Waals surface area contributed by atoms with Crippen LogP contribution in [0.3, 0.4) is 0 Å². The van der Waals surface area contributed by atoms with Crippen molar-refractivity contribution < 1.29 is 28.9 Å². The van der Waals surface area contributed by atoms with Crippen molar-refractivity contribution in [1.29, 1.82) is 0 Å². The van der Waals surface area contributed by atoms with Crippen LogP contribution in [-0.4, -0.2) is 38.3 Å². The van der Waals surface area contributed by atoms with Crippen molar-refractivity contribution in [1.82, 2.24) is 5.32 Å². The number of rotatable bonds is 7. The summed E-state index contributed by atoms with van der Waals surface area (Å²) < 4.78 is 15.6. The zero-order valence-electron chi connectivity index (χ0n) is 12.4. The van der Waals surface area contributed by atoms with Gasteiger partial charge in [0.2, 0.25) is 5.91 Å². The van der Waals surface area contributed by atoms with Crippen molar-refractivity contribution in [3.63, 3.8) is 0 Å². The lowest BCUT2D eigenvalue weighted by Crippen LogP contribution is -2.28. The summed E-state index contributed by atoms with van der Waals surface area (Å²) >= 11 is 0. The molecule has 1 atom stereocenters. The van der Waals surface area contributed by atoms with Gasteiger partial charge in [0.05, 0.1) is 33.8 Å². The number of benzene rings is 1. The van der Waals surface area contributed by atoms with E-state index in [1.807, 2.05) is 0 Å². The Hall–Kier alpha value is -2.44. The van der Waals surface area contributed by atoms with Gasteiger partial charge in [-0.2, -0.15) is 0 Å². The van der Waals surface area contributed by atoms with Gasteiger partial charge in [-0.1, -0.05) is 0 Å². The van der Waals surface area contributed by atoms with Gasteiger partial charge >= 0.3 is 5.97 Å². The number of hydrogen-bond donors (Lipinski definition) is 2. The van der Waals surface area contributed by atoms with Gasteiger partial charge in [-0.3, -0.25) is 9.59 Å². The lowest BCUT2D eigenvalue weighted by molar-refractivity contribution is -0.137. The van der Waals surface area contributed by atoms with Crippen molar-refractivity contribution in [2.45, 2.75) is 19.4 Å². The highest BCUT2D eigenvalue weighted by atomic mass is 16.5. The molecule has 1 aromatic rings. The van der Waals surface area contributed by atoms with Gasteiger partial charge in [0, 0.05) is 18.6 Å². The minimum atomic E-state index is -1.04. The molecule has 0 unspecified atom stereocenters. The first-order valence-electron chi connectivity index (χ1n) is 6.21. The maximum Gasteiger partial charge on any atom is 0.305 e. The Morgan fingerprint density at radius 3 is 2.05 bits per heavy atom. The van der Waals surface area contributed by atoms with Crippen LogP contribution in [0.4, 0.5) is 0 Å². The second kappa shape index (κ2) is 7.37. The lowest BCUT2D eigenvalue weighted by atomic mass is 10.0. The summed E-state index contributed by atoms with van der Waals surface area (Å²) in [5, 5.41) is 11.6. The summed E-state index contributed by atoms with van der Waals surface area (Å²) in [6.45, 7) is 1.32. The van der Waals surface area contributed by atoms with E-state index in [2.05, 4.69) is 5.32 Å². The van der Waals surface area contributed by atoms with E-state index in [-0.39, 0.29) is 12.3 Å². The van der Waals surface area contributed by atoms with Crippen molar-refractivity contribution in [3.8, 4) is 17.2 Å². The van der Waals surface area contributed by atoms with Gasteiger partial charge in [0.25, 0.3) is 0 Å². The molecule has 0 radical (unpaired) electrons. The summed E-state index contributed by atoms with van der Waals surface area (Å²) in [5.41, 5.74) is 0.507. The van der Waals surface area contributed by atoms with Crippen LogP contribution in [0.1, 0.15) is 24.9 Å². The van der Waals surface area contributed by atoms with Crippen LogP contribution >= 0.6 is 0 Å². The number of nitrogens with one attached hydrogen (secondary N) is 1. The van der Waals surface area contributed by atoms with E-state index < -0.39 is 12.0 Å². The molecule has 0 fully saturated rings. The molecular weight excluding hydrogens is 278 g/mol. The molecule has 7 heteroatoms. The standard InChI is InChI=1S/C14H19NO6/c1-8(16)15-10(6-14(17)18)9-5-12(20-3)13(21-4)7-11(9)19-2/h5,7,10H,6H2,1-4H3,(H,15,16)(H,17,18)/t10-/m1/s1. The van der Waals surface area contributed by atoms with E-state index in [1.165, 1.54) is 28.3 Å². The number of carboxylic acid groups (broad SMARTS) is 1. The largest absolute Gasteiger partial charge is 0.496 e. The molecular formula is C14H19NO6. The Morgan fingerprint density at radius 2 is 1.62 bits per heavy atom. The van der Waals surface area contributed by atoms with E-state index in [1.54, 1.807) is 12.1 Å². The molecule has 21 heavy (non-hydrogen) atoms. The molecule has 0 aliphatic carbocycles. The molecule has 2 N–H and O–H groups in total. The molecule has 0 saturated heterocycles. The summed E-state index contributed by atoms with van der Waals surface area (Å²) in [4.78, 5) is 22.3. The molecule has 1 rings (SSSR count). The van der Waals surface area contributed by atoms with E-state index in [9.17, 15) is 9.59 Å². The number of ether oxygens (including phenoxy) is 3. The summed E-state index contributed by atoms with van der Waals surface area (Å²) in [6, 6.07) is 2.46. The van der Waals surface area contributed by atoms with Gasteiger partial charge < -0.3 is 24.6 Å². The SMILES string of the molecule is COc1cc(OC)c([C@@H](CC(=O)O)NC(C)=O)cc1OC. The number of aliphatic carboxylic acids is 1. The monoisotopic (exact) mass is 297 g/mol. The Morgan fingerprint density at radius 1 is 1.10 bits per heavy atom. The van der Waals surface area contributed by atoms with Crippen LogP contribution < -0.4 is 19.5 Å². The lowest BCUT2D eigenvalue weighted by Gasteiger charge is -2.21. The summed E-state index contributed by atoms with van der Waals surface area (Å²) in [6.07, 6.45) is -0.272. The van der Waals surface area contributed by atoms with Crippen LogP contribution in [-0.2, 0) is 9.59 Å². The fourth-order valence-corrected chi connectivity index (χ4v) is 1.98. The number of methoxy groups -OCH3 is 3. The third-order valence-corrected chi connectivity index (χ3v) is 2.87. The van der Waals surface area contributed by atoms with Gasteiger partial charge in [0.1, 0.15) is 5.75 Å². The molecule has 0 aliphatic heterocycles. The molecule has 0 aliphatic rings. The number of amides is 1. The number of hydrogen-bond acceptors (Lipinski definition) is 5. The molecule has 0 spiro atoms. The number of carboxylic acids is 1. The molecule has 7 nitrogen and oxygen atoms in total. The molecule has 116 valence electrons. The predicted molar refractivity (Wildman–Crippen MR) is 74.9 cm³/mol. The second-order valence-electron chi connectivity index (χ2n) is 4.30. The first kappa shape index (κ1) is 16.6. The highest BCUT2D eigenvalue weighted by Gasteiger charge is 2.23. The quantitative estimate of drug-likeness (QED) is 0.789. The van der Waals surface area contributed by atoms with Crippen LogP contribution in [0.25, 0.3) is 0 Å². The maximum atomic E-state index is 11.3. The number of carbonyl (C=O) groups is 2. The third-order valence-electron chi connectivity index (χ3n) is 2.87. The Balaban J connectivity index is 3.33. The highest BCUT2D eigenvalue weighted by Crippen LogP contribution is 2.38. The van der Waals surface area contributed by atoms with Crippen molar-refractivity contribution >= 4 is 11.9 Å². The molecule has 0 heterocycles. The Bertz CT molecular complexity index is 512. The molecule has 0 aromatic heterocycles. The second-order valence-corrected chi connectivity index (χ2v) is 4.30. The first-order valence-corrected chi connectivity index (χ1v) is 6.21. The average Bonchev–Trinajstić information content (AvgIpc) is 2.43. The van der Waals surface area contributed by atoms with E-state index in [4.69, 9.17) is 19.3 Å². The fourth-order valence-electron chi connectivity index (χ4n) is 1.98. The average molecular weight is 297 g/mol. The topological polar surface area (TPSA) is 94.1 Å². The Kier molecular flexibility index (Phi) is 5.83. The molecule has 1 aromatic carbocycles. The van der Waals surface area contributed by atoms with Gasteiger partial charge in [-0.05, 0) is 6.07 Å². The minimum absolute atomic E-state index is 0.272. The van der Waals surface area contributed by atoms with Crippen molar-refractivity contribution in [3.05, 3.63) is 17.7 Å². The normalized spacial score (nSPS) is 11.4. The summed E-state index contributed by atoms with van der Waals surface area (Å²) in [5.74, 6) is -0.0830. The van der Waals surface area contributed by atoms with Crippen molar-refractivity contribution in [2.75, 3.05) is 21.3 Å². The van der Waals surface area contributed by atoms with Gasteiger partial charge in [-0.15, -0.1) is 0 Å². The zero-order chi connectivity index (χ0) is 16.0. The van der Waals surface area contributed by atoms with Crippen LogP contribution in [0.15, 0.2) is 12.1 Å². The summed E-state index contributed by atoms with van der Waals surface area (Å²) in [7, 11) is 4.41. The van der Waals surface area contributed by atoms with E-state index in [0.29, 0.717) is 22.8 Å². The van der Waals surface area contributed by atoms with E-state index in [0.717, 1.165) is 0 Å². The van der Waals surface area contributed by atoms with Crippen LogP contribution in [0.2, 0.25) is 0 Å². The van der Waals surface area contributed by atoms with E-state index >= 15 is 0 Å². The third kappa shape index (κ3) is 4.27. The first-order chi connectivity index (χ1) is 9.92. The van der Waals surface area contributed by atoms with Gasteiger partial charge in [0.15, 0.2) is 11.5 Å². The smallest absolute Gasteiger partial charge is 0.305 e. The minimum Gasteiger partial charge on any atom is -0.496 e. The zero-order valence-corrected chi connectivity index (χ0v) is 12.4. The Labute approximate surface area is 122 Å². The van der Waals surface area contributed by atoms with Crippen LogP contribution in [0, 0.1) is 0 Å². The van der Waals surface area contributed by atoms with Gasteiger partial charge in [-0.25, -0.2) is 0 Å².